The van der Waals surface area contributed by atoms with E-state index in [1.165, 1.54) is 30.3 Å². The Hall–Kier alpha value is -3.06. The molecule has 5 nitrogen and oxygen atoms in total. The molecule has 152 valence electrons. The molecule has 2 aromatic rings. The Balaban J connectivity index is 2.46. The molecule has 1 amide bonds. The van der Waals surface area contributed by atoms with Crippen molar-refractivity contribution in [2.75, 3.05) is 30.4 Å². The van der Waals surface area contributed by atoms with Gasteiger partial charge in [-0.25, -0.2) is 13.8 Å². The van der Waals surface area contributed by atoms with Gasteiger partial charge in [0.2, 0.25) is 6.41 Å². The first-order chi connectivity index (χ1) is 13.7. The molecule has 0 atom stereocenters. The number of pyridine rings is 1. The molecule has 0 N–H and O–H groups in total. The predicted octanol–water partition coefficient (Wildman–Crippen LogP) is 5.03. The maximum absolute atomic E-state index is 14.5. The van der Waals surface area contributed by atoms with E-state index in [1.807, 2.05) is 0 Å². The molecular formula is C21H21ClF2N4O. The summed E-state index contributed by atoms with van der Waals surface area (Å²) in [6.07, 6.45) is 4.55. The number of anilines is 2. The van der Waals surface area contributed by atoms with Gasteiger partial charge in [-0.3, -0.25) is 9.79 Å². The summed E-state index contributed by atoms with van der Waals surface area (Å²) in [7, 11) is 3.55. The molecule has 0 fully saturated rings. The Labute approximate surface area is 173 Å². The Morgan fingerprint density at radius 2 is 2.10 bits per heavy atom. The van der Waals surface area contributed by atoms with Gasteiger partial charge < -0.3 is 9.80 Å². The molecule has 8 heteroatoms. The van der Waals surface area contributed by atoms with E-state index >= 15 is 0 Å². The number of carbonyl (C=O) groups excluding carboxylic acids is 1. The molecule has 1 heterocycles. The highest BCUT2D eigenvalue weighted by Gasteiger charge is 2.18. The number of amides is 1. The summed E-state index contributed by atoms with van der Waals surface area (Å²) in [5.41, 5.74) is 1.66. The average molecular weight is 419 g/mol. The van der Waals surface area contributed by atoms with Gasteiger partial charge in [0.05, 0.1) is 23.5 Å². The molecule has 0 aliphatic carbocycles. The Morgan fingerprint density at radius 3 is 2.72 bits per heavy atom. The molecule has 0 unspecified atom stereocenters. The van der Waals surface area contributed by atoms with E-state index in [0.29, 0.717) is 29.1 Å². The van der Waals surface area contributed by atoms with Gasteiger partial charge in [-0.15, -0.1) is 0 Å². The Morgan fingerprint density at radius 1 is 1.38 bits per heavy atom. The minimum absolute atomic E-state index is 0.00576. The SMILES string of the molecule is C=C(C=N/C=C(\C)F)CN(C=O)c1cc(-c2cccc(Cl)c2F)cnc1N(C)C. The quantitative estimate of drug-likeness (QED) is 0.446. The van der Waals surface area contributed by atoms with E-state index in [0.717, 1.165) is 6.20 Å². The van der Waals surface area contributed by atoms with E-state index in [-0.39, 0.29) is 17.1 Å². The lowest BCUT2D eigenvalue weighted by atomic mass is 10.1. The molecule has 0 saturated heterocycles. The van der Waals surface area contributed by atoms with Gasteiger partial charge in [-0.05, 0) is 24.6 Å². The number of aliphatic imine (C=N–C) groups is 1. The van der Waals surface area contributed by atoms with Crippen LogP contribution in [0.1, 0.15) is 6.92 Å². The van der Waals surface area contributed by atoms with Gasteiger partial charge in [0.15, 0.2) is 5.82 Å². The lowest BCUT2D eigenvalue weighted by Gasteiger charge is -2.24. The Kier molecular flexibility index (Phi) is 7.61. The smallest absolute Gasteiger partial charge is 0.214 e. The van der Waals surface area contributed by atoms with Crippen molar-refractivity contribution in [1.82, 2.24) is 4.98 Å². The van der Waals surface area contributed by atoms with Crippen LogP contribution in [-0.4, -0.2) is 38.2 Å². The summed E-state index contributed by atoms with van der Waals surface area (Å²) in [5.74, 6) is -0.508. The van der Waals surface area contributed by atoms with Crippen LogP contribution < -0.4 is 9.80 Å². The number of aromatic nitrogens is 1. The highest BCUT2D eigenvalue weighted by molar-refractivity contribution is 6.31. The van der Waals surface area contributed by atoms with Gasteiger partial charge in [0, 0.05) is 37.6 Å². The van der Waals surface area contributed by atoms with E-state index in [1.54, 1.807) is 37.2 Å². The zero-order valence-electron chi connectivity index (χ0n) is 16.4. The van der Waals surface area contributed by atoms with Crippen molar-refractivity contribution in [2.45, 2.75) is 6.92 Å². The summed E-state index contributed by atoms with van der Waals surface area (Å²) in [6.45, 7) is 5.20. The second-order valence-corrected chi connectivity index (χ2v) is 6.86. The second-order valence-electron chi connectivity index (χ2n) is 6.45. The molecule has 1 aromatic carbocycles. The van der Waals surface area contributed by atoms with Crippen LogP contribution in [0.15, 0.2) is 59.6 Å². The topological polar surface area (TPSA) is 48.8 Å². The van der Waals surface area contributed by atoms with Gasteiger partial charge in [0.1, 0.15) is 11.6 Å². The number of carbonyl (C=O) groups is 1. The number of halogens is 3. The van der Waals surface area contributed by atoms with E-state index < -0.39 is 11.6 Å². The summed E-state index contributed by atoms with van der Waals surface area (Å²) >= 11 is 5.89. The standard InChI is InChI=1S/C21H21ClF2N4O/c1-14(9-25-10-15(2)23)12-28(13-29)19-8-16(11-26-21(19)27(3)4)17-6-5-7-18(22)20(17)24/h5-11,13H,1,12H2,2-4H3/b15-10+,25-9?. The van der Waals surface area contributed by atoms with E-state index in [2.05, 4.69) is 16.6 Å². The fourth-order valence-corrected chi connectivity index (χ4v) is 2.73. The summed E-state index contributed by atoms with van der Waals surface area (Å²) in [4.78, 5) is 23.1. The third kappa shape index (κ3) is 5.71. The van der Waals surface area contributed by atoms with Crippen LogP contribution >= 0.6 is 11.6 Å². The largest absolute Gasteiger partial charge is 0.361 e. The van der Waals surface area contributed by atoms with Crippen molar-refractivity contribution in [3.8, 4) is 11.1 Å². The summed E-state index contributed by atoms with van der Waals surface area (Å²) < 4.78 is 27.2. The lowest BCUT2D eigenvalue weighted by molar-refractivity contribution is -0.107. The van der Waals surface area contributed by atoms with E-state index in [9.17, 15) is 13.6 Å². The predicted molar refractivity (Wildman–Crippen MR) is 115 cm³/mol. The van der Waals surface area contributed by atoms with Crippen molar-refractivity contribution in [3.05, 3.63) is 65.5 Å². The number of hydrogen-bond donors (Lipinski definition) is 0. The minimum Gasteiger partial charge on any atom is -0.361 e. The highest BCUT2D eigenvalue weighted by Crippen LogP contribution is 2.33. The molecule has 0 aliphatic heterocycles. The molecule has 2 rings (SSSR count). The first kappa shape index (κ1) is 22.2. The van der Waals surface area contributed by atoms with Crippen LogP contribution in [0.25, 0.3) is 11.1 Å². The number of rotatable bonds is 8. The average Bonchev–Trinajstić information content (AvgIpc) is 2.67. The second kappa shape index (κ2) is 9.93. The minimum atomic E-state index is -0.568. The lowest BCUT2D eigenvalue weighted by Crippen LogP contribution is -2.27. The maximum atomic E-state index is 14.5. The van der Waals surface area contributed by atoms with Crippen molar-refractivity contribution < 1.29 is 13.6 Å². The molecule has 0 aliphatic rings. The van der Waals surface area contributed by atoms with Crippen molar-refractivity contribution in [2.24, 2.45) is 4.99 Å². The third-order valence-electron chi connectivity index (χ3n) is 3.85. The van der Waals surface area contributed by atoms with Crippen LogP contribution in [0.2, 0.25) is 5.02 Å². The first-order valence-electron chi connectivity index (χ1n) is 8.61. The van der Waals surface area contributed by atoms with Crippen LogP contribution in [-0.2, 0) is 4.79 Å². The summed E-state index contributed by atoms with van der Waals surface area (Å²) in [5, 5.41) is -0.00576. The molecular weight excluding hydrogens is 398 g/mol. The summed E-state index contributed by atoms with van der Waals surface area (Å²) in [6, 6.07) is 6.33. The maximum Gasteiger partial charge on any atom is 0.214 e. The van der Waals surface area contributed by atoms with Gasteiger partial charge >= 0.3 is 0 Å². The fourth-order valence-electron chi connectivity index (χ4n) is 2.56. The molecule has 0 bridgehead atoms. The Bertz CT molecular complexity index is 969. The molecule has 0 spiro atoms. The molecule has 29 heavy (non-hydrogen) atoms. The first-order valence-corrected chi connectivity index (χ1v) is 8.99. The number of hydrogen-bond acceptors (Lipinski definition) is 4. The van der Waals surface area contributed by atoms with Gasteiger partial charge in [-0.1, -0.05) is 30.3 Å². The van der Waals surface area contributed by atoms with E-state index in [4.69, 9.17) is 11.6 Å². The van der Waals surface area contributed by atoms with Gasteiger partial charge in [0.25, 0.3) is 0 Å². The number of nitrogens with zero attached hydrogens (tertiary/aromatic N) is 4. The normalized spacial score (nSPS) is 11.6. The van der Waals surface area contributed by atoms with Crippen LogP contribution in [0.3, 0.4) is 0 Å². The zero-order valence-corrected chi connectivity index (χ0v) is 17.1. The van der Waals surface area contributed by atoms with Crippen LogP contribution in [0.4, 0.5) is 20.3 Å². The zero-order chi connectivity index (χ0) is 21.6. The molecule has 0 radical (unpaired) electrons. The van der Waals surface area contributed by atoms with Gasteiger partial charge in [-0.2, -0.15) is 0 Å². The highest BCUT2D eigenvalue weighted by atomic mass is 35.5. The molecule has 0 saturated carbocycles. The van der Waals surface area contributed by atoms with Crippen LogP contribution in [0.5, 0.6) is 0 Å². The molecule has 1 aromatic heterocycles. The number of benzene rings is 1. The fraction of sp³-hybridized carbons (Fsp3) is 0.190. The number of allylic oxidation sites excluding steroid dienone is 1. The van der Waals surface area contributed by atoms with Crippen molar-refractivity contribution in [1.29, 1.82) is 0 Å². The monoisotopic (exact) mass is 418 g/mol. The van der Waals surface area contributed by atoms with Crippen LogP contribution in [0, 0.1) is 5.82 Å². The van der Waals surface area contributed by atoms with Crippen molar-refractivity contribution in [3.63, 3.8) is 0 Å². The third-order valence-corrected chi connectivity index (χ3v) is 4.14. The van der Waals surface area contributed by atoms with Crippen molar-refractivity contribution >= 4 is 35.7 Å².